The van der Waals surface area contributed by atoms with E-state index in [1.165, 1.54) is 0 Å². The maximum Gasteiger partial charge on any atom is 0.0724 e. The van der Waals surface area contributed by atoms with E-state index in [-0.39, 0.29) is 0 Å². The number of pyridine rings is 1. The summed E-state index contributed by atoms with van der Waals surface area (Å²) in [5.74, 6) is 0. The number of halogens is 1. The summed E-state index contributed by atoms with van der Waals surface area (Å²) in [5, 5.41) is 4.26. The molecule has 0 saturated heterocycles. The van der Waals surface area contributed by atoms with Crippen LogP contribution in [-0.2, 0) is 6.54 Å². The van der Waals surface area contributed by atoms with E-state index < -0.39 is 0 Å². The van der Waals surface area contributed by atoms with Gasteiger partial charge in [0, 0.05) is 30.2 Å². The molecule has 2 N–H and O–H groups in total. The Labute approximate surface area is 102 Å². The van der Waals surface area contributed by atoms with Gasteiger partial charge < -0.3 is 5.73 Å². The van der Waals surface area contributed by atoms with Crippen molar-refractivity contribution in [2.75, 3.05) is 0 Å². The third-order valence-electron chi connectivity index (χ3n) is 2.12. The average molecular weight is 314 g/mol. The molecule has 5 heteroatoms. The van der Waals surface area contributed by atoms with E-state index in [2.05, 4.69) is 32.7 Å². The fourth-order valence-corrected chi connectivity index (χ4v) is 1.77. The summed E-state index contributed by atoms with van der Waals surface area (Å²) in [6.45, 7) is 2.43. The molecule has 0 bridgehead atoms. The Morgan fingerprint density at radius 1 is 1.47 bits per heavy atom. The van der Waals surface area contributed by atoms with E-state index in [0.29, 0.717) is 6.54 Å². The zero-order valence-corrected chi connectivity index (χ0v) is 10.5. The van der Waals surface area contributed by atoms with Crippen LogP contribution < -0.4 is 5.73 Å². The molecule has 0 amide bonds. The molecule has 78 valence electrons. The van der Waals surface area contributed by atoms with Gasteiger partial charge in [-0.15, -0.1) is 0 Å². The van der Waals surface area contributed by atoms with E-state index >= 15 is 0 Å². The molecule has 15 heavy (non-hydrogen) atoms. The van der Waals surface area contributed by atoms with E-state index in [1.54, 1.807) is 6.20 Å². The first-order valence-electron chi connectivity index (χ1n) is 4.57. The highest BCUT2D eigenvalue weighted by Gasteiger charge is 2.05. The summed E-state index contributed by atoms with van der Waals surface area (Å²) in [6, 6.07) is 1.99. The Balaban J connectivity index is 2.55. The maximum atomic E-state index is 5.66. The molecule has 2 aromatic heterocycles. The zero-order chi connectivity index (χ0) is 10.8. The Morgan fingerprint density at radius 3 is 2.87 bits per heavy atom. The SMILES string of the molecule is Cc1cc(-n2cc(I)cn2)c(CN)cn1. The number of aryl methyl sites for hydroxylation is 1. The number of hydrogen-bond donors (Lipinski definition) is 1. The summed E-state index contributed by atoms with van der Waals surface area (Å²) < 4.78 is 2.93. The summed E-state index contributed by atoms with van der Waals surface area (Å²) in [7, 11) is 0. The summed E-state index contributed by atoms with van der Waals surface area (Å²) >= 11 is 2.23. The van der Waals surface area contributed by atoms with Crippen LogP contribution in [0.1, 0.15) is 11.3 Å². The van der Waals surface area contributed by atoms with Crippen LogP contribution >= 0.6 is 22.6 Å². The number of nitrogens with zero attached hydrogens (tertiary/aromatic N) is 3. The standard InChI is InChI=1S/C10H11IN4/c1-7-2-10(8(3-12)4-13-7)15-6-9(11)5-14-15/h2,4-6H,3,12H2,1H3. The van der Waals surface area contributed by atoms with Gasteiger partial charge in [0.25, 0.3) is 0 Å². The molecule has 0 aliphatic heterocycles. The van der Waals surface area contributed by atoms with Gasteiger partial charge in [-0.25, -0.2) is 4.68 Å². The highest BCUT2D eigenvalue weighted by molar-refractivity contribution is 14.1. The lowest BCUT2D eigenvalue weighted by Crippen LogP contribution is -2.06. The summed E-state index contributed by atoms with van der Waals surface area (Å²) in [6.07, 6.45) is 5.59. The van der Waals surface area contributed by atoms with Crippen LogP contribution in [0.15, 0.2) is 24.7 Å². The van der Waals surface area contributed by atoms with Crippen LogP contribution in [-0.4, -0.2) is 14.8 Å². The van der Waals surface area contributed by atoms with Crippen molar-refractivity contribution in [3.8, 4) is 5.69 Å². The predicted octanol–water partition coefficient (Wildman–Crippen LogP) is 1.64. The zero-order valence-electron chi connectivity index (χ0n) is 8.31. The number of aromatic nitrogens is 3. The van der Waals surface area contributed by atoms with E-state index in [4.69, 9.17) is 5.73 Å². The quantitative estimate of drug-likeness (QED) is 0.858. The van der Waals surface area contributed by atoms with Crippen molar-refractivity contribution in [1.82, 2.24) is 14.8 Å². The average Bonchev–Trinajstić information content (AvgIpc) is 2.65. The second-order valence-electron chi connectivity index (χ2n) is 3.26. The first-order chi connectivity index (χ1) is 7.20. The molecule has 0 aliphatic rings. The van der Waals surface area contributed by atoms with Crippen molar-refractivity contribution >= 4 is 22.6 Å². The smallest absolute Gasteiger partial charge is 0.0724 e. The minimum absolute atomic E-state index is 0.471. The minimum Gasteiger partial charge on any atom is -0.326 e. The molecule has 2 rings (SSSR count). The van der Waals surface area contributed by atoms with Crippen molar-refractivity contribution in [2.24, 2.45) is 5.73 Å². The maximum absolute atomic E-state index is 5.66. The third-order valence-corrected chi connectivity index (χ3v) is 2.67. The van der Waals surface area contributed by atoms with Crippen molar-refractivity contribution < 1.29 is 0 Å². The van der Waals surface area contributed by atoms with E-state index in [9.17, 15) is 0 Å². The van der Waals surface area contributed by atoms with Crippen molar-refractivity contribution in [2.45, 2.75) is 13.5 Å². The predicted molar refractivity (Wildman–Crippen MR) is 66.7 cm³/mol. The minimum atomic E-state index is 0.471. The monoisotopic (exact) mass is 314 g/mol. The van der Waals surface area contributed by atoms with Crippen molar-refractivity contribution in [3.05, 3.63) is 39.5 Å². The lowest BCUT2D eigenvalue weighted by Gasteiger charge is -2.07. The van der Waals surface area contributed by atoms with Crippen molar-refractivity contribution in [1.29, 1.82) is 0 Å². The summed E-state index contributed by atoms with van der Waals surface area (Å²) in [5.41, 5.74) is 8.63. The van der Waals surface area contributed by atoms with Crippen LogP contribution in [0.5, 0.6) is 0 Å². The molecule has 0 atom stereocenters. The Morgan fingerprint density at radius 2 is 2.27 bits per heavy atom. The van der Waals surface area contributed by atoms with Crippen molar-refractivity contribution in [3.63, 3.8) is 0 Å². The molecular formula is C10H11IN4. The van der Waals surface area contributed by atoms with Gasteiger partial charge in [0.15, 0.2) is 0 Å². The van der Waals surface area contributed by atoms with Gasteiger partial charge in [-0.3, -0.25) is 4.98 Å². The van der Waals surface area contributed by atoms with Gasteiger partial charge in [-0.2, -0.15) is 5.10 Å². The van der Waals surface area contributed by atoms with Crippen LogP contribution in [0.3, 0.4) is 0 Å². The lowest BCUT2D eigenvalue weighted by atomic mass is 10.2. The van der Waals surface area contributed by atoms with E-state index in [0.717, 1.165) is 20.5 Å². The first kappa shape index (κ1) is 10.6. The largest absolute Gasteiger partial charge is 0.326 e. The molecule has 2 heterocycles. The second kappa shape index (κ2) is 4.28. The molecule has 4 nitrogen and oxygen atoms in total. The van der Waals surface area contributed by atoms with Gasteiger partial charge in [-0.05, 0) is 35.6 Å². The number of nitrogens with two attached hydrogens (primary N) is 1. The number of rotatable bonds is 2. The fraction of sp³-hybridized carbons (Fsp3) is 0.200. The topological polar surface area (TPSA) is 56.7 Å². The molecular weight excluding hydrogens is 303 g/mol. The van der Waals surface area contributed by atoms with Gasteiger partial charge in [-0.1, -0.05) is 0 Å². The second-order valence-corrected chi connectivity index (χ2v) is 4.51. The fourth-order valence-electron chi connectivity index (χ4n) is 1.38. The van der Waals surface area contributed by atoms with Crippen LogP contribution in [0.25, 0.3) is 5.69 Å². The van der Waals surface area contributed by atoms with Gasteiger partial charge in [0.2, 0.25) is 0 Å². The molecule has 0 saturated carbocycles. The van der Waals surface area contributed by atoms with Gasteiger partial charge >= 0.3 is 0 Å². The Kier molecular flexibility index (Phi) is 3.01. The number of hydrogen-bond acceptors (Lipinski definition) is 3. The molecule has 0 aromatic carbocycles. The molecule has 2 aromatic rings. The van der Waals surface area contributed by atoms with Crippen LogP contribution in [0, 0.1) is 10.5 Å². The summed E-state index contributed by atoms with van der Waals surface area (Å²) in [4.78, 5) is 4.22. The molecule has 0 unspecified atom stereocenters. The van der Waals surface area contributed by atoms with Crippen LogP contribution in [0.4, 0.5) is 0 Å². The third kappa shape index (κ3) is 2.18. The highest BCUT2D eigenvalue weighted by Crippen LogP contribution is 2.15. The van der Waals surface area contributed by atoms with Gasteiger partial charge in [0.1, 0.15) is 0 Å². The van der Waals surface area contributed by atoms with Gasteiger partial charge in [0.05, 0.1) is 15.5 Å². The molecule has 0 radical (unpaired) electrons. The lowest BCUT2D eigenvalue weighted by molar-refractivity contribution is 0.849. The molecule has 0 fully saturated rings. The molecule has 0 spiro atoms. The Hall–Kier alpha value is -0.950. The van der Waals surface area contributed by atoms with E-state index in [1.807, 2.05) is 30.1 Å². The first-order valence-corrected chi connectivity index (χ1v) is 5.64. The highest BCUT2D eigenvalue weighted by atomic mass is 127. The Bertz CT molecular complexity index is 478. The molecule has 0 aliphatic carbocycles. The normalized spacial score (nSPS) is 10.6. The van der Waals surface area contributed by atoms with Crippen LogP contribution in [0.2, 0.25) is 0 Å².